The molecule has 0 fully saturated rings. The average molecular weight is 210 g/mol. The fourth-order valence-corrected chi connectivity index (χ4v) is 1.31. The van der Waals surface area contributed by atoms with Crippen LogP contribution in [0.25, 0.3) is 0 Å². The van der Waals surface area contributed by atoms with Crippen molar-refractivity contribution in [3.05, 3.63) is 58.3 Å². The molecule has 15 heavy (non-hydrogen) atoms. The molecule has 78 valence electrons. The molecule has 0 aliphatic heterocycles. The van der Waals surface area contributed by atoms with E-state index in [9.17, 15) is 13.6 Å². The molecule has 0 saturated heterocycles. The zero-order valence-electron chi connectivity index (χ0n) is 7.71. The van der Waals surface area contributed by atoms with Crippen LogP contribution in [0.5, 0.6) is 0 Å². The Morgan fingerprint density at radius 3 is 2.73 bits per heavy atom. The lowest BCUT2D eigenvalue weighted by Gasteiger charge is -2.02. The smallest absolute Gasteiger partial charge is 0.313 e. The number of benzene rings is 1. The lowest BCUT2D eigenvalue weighted by atomic mass is 10.2. The summed E-state index contributed by atoms with van der Waals surface area (Å²) < 4.78 is 27.1. The summed E-state index contributed by atoms with van der Waals surface area (Å²) in [5.41, 5.74) is -0.0446. The van der Waals surface area contributed by atoms with Crippen LogP contribution in [0.15, 0.2) is 35.4 Å². The van der Waals surface area contributed by atoms with Gasteiger partial charge < -0.3 is 4.98 Å². The highest BCUT2D eigenvalue weighted by molar-refractivity contribution is 5.18. The van der Waals surface area contributed by atoms with E-state index >= 15 is 0 Å². The lowest BCUT2D eigenvalue weighted by molar-refractivity contribution is 0.564. The number of hydrogen-bond acceptors (Lipinski definition) is 1. The zero-order chi connectivity index (χ0) is 10.8. The van der Waals surface area contributed by atoms with Gasteiger partial charge in [0.05, 0.1) is 6.54 Å². The first-order valence-corrected chi connectivity index (χ1v) is 4.34. The molecule has 0 saturated carbocycles. The highest BCUT2D eigenvalue weighted by atomic mass is 19.1. The first-order chi connectivity index (χ1) is 7.16. The van der Waals surface area contributed by atoms with Crippen molar-refractivity contribution in [3.8, 4) is 0 Å². The standard InChI is InChI=1S/C10H8F2N2O/c11-8-2-1-7(9(12)5-8)6-14-4-3-13-10(14)15/h1-5H,6H2,(H,13,15). The van der Waals surface area contributed by atoms with Gasteiger partial charge in [-0.25, -0.2) is 13.6 Å². The maximum absolute atomic E-state index is 13.2. The molecule has 1 aromatic carbocycles. The van der Waals surface area contributed by atoms with Crippen molar-refractivity contribution >= 4 is 0 Å². The molecule has 0 atom stereocenters. The van der Waals surface area contributed by atoms with Crippen molar-refractivity contribution in [2.24, 2.45) is 0 Å². The Morgan fingerprint density at radius 1 is 1.33 bits per heavy atom. The van der Waals surface area contributed by atoms with Crippen LogP contribution in [0.3, 0.4) is 0 Å². The second-order valence-electron chi connectivity index (χ2n) is 3.13. The molecule has 0 bridgehead atoms. The second kappa shape index (κ2) is 3.68. The van der Waals surface area contributed by atoms with E-state index in [1.165, 1.54) is 23.0 Å². The van der Waals surface area contributed by atoms with Crippen LogP contribution in [0.2, 0.25) is 0 Å². The van der Waals surface area contributed by atoms with Gasteiger partial charge in [-0.15, -0.1) is 0 Å². The van der Waals surface area contributed by atoms with Gasteiger partial charge in [0, 0.05) is 24.0 Å². The Hall–Kier alpha value is -1.91. The molecule has 3 nitrogen and oxygen atoms in total. The number of halogens is 2. The van der Waals surface area contributed by atoms with Crippen LogP contribution in [-0.2, 0) is 6.54 Å². The SMILES string of the molecule is O=c1[nH]ccn1Cc1ccc(F)cc1F. The molecule has 2 rings (SSSR count). The summed E-state index contributed by atoms with van der Waals surface area (Å²) in [6.45, 7) is 0.0917. The number of nitrogens with one attached hydrogen (secondary N) is 1. The molecule has 0 spiro atoms. The van der Waals surface area contributed by atoms with Gasteiger partial charge in [-0.2, -0.15) is 0 Å². The number of aromatic nitrogens is 2. The monoisotopic (exact) mass is 210 g/mol. The average Bonchev–Trinajstić information content (AvgIpc) is 2.57. The number of rotatable bonds is 2. The zero-order valence-corrected chi connectivity index (χ0v) is 7.71. The van der Waals surface area contributed by atoms with Crippen molar-refractivity contribution in [1.82, 2.24) is 9.55 Å². The van der Waals surface area contributed by atoms with Crippen molar-refractivity contribution in [1.29, 1.82) is 0 Å². The summed E-state index contributed by atoms with van der Waals surface area (Å²) in [6, 6.07) is 3.28. The van der Waals surface area contributed by atoms with Crippen LogP contribution < -0.4 is 5.69 Å². The maximum atomic E-state index is 13.2. The van der Waals surface area contributed by atoms with E-state index in [-0.39, 0.29) is 17.8 Å². The molecule has 0 aliphatic rings. The van der Waals surface area contributed by atoms with Gasteiger partial charge in [-0.1, -0.05) is 6.07 Å². The van der Waals surface area contributed by atoms with Gasteiger partial charge in [0.15, 0.2) is 0 Å². The third-order valence-corrected chi connectivity index (χ3v) is 2.08. The summed E-state index contributed by atoms with van der Waals surface area (Å²) in [5.74, 6) is -1.28. The van der Waals surface area contributed by atoms with E-state index in [0.29, 0.717) is 0 Å². The van der Waals surface area contributed by atoms with E-state index < -0.39 is 11.6 Å². The normalized spacial score (nSPS) is 10.5. The number of aromatic amines is 1. The van der Waals surface area contributed by atoms with Gasteiger partial charge in [-0.3, -0.25) is 4.57 Å². The van der Waals surface area contributed by atoms with E-state index in [2.05, 4.69) is 4.98 Å². The lowest BCUT2D eigenvalue weighted by Crippen LogP contribution is -2.17. The third-order valence-electron chi connectivity index (χ3n) is 2.08. The van der Waals surface area contributed by atoms with E-state index in [4.69, 9.17) is 0 Å². The minimum Gasteiger partial charge on any atom is -0.313 e. The van der Waals surface area contributed by atoms with Gasteiger partial charge >= 0.3 is 5.69 Å². The molecule has 0 aliphatic carbocycles. The summed E-state index contributed by atoms with van der Waals surface area (Å²) in [6.07, 6.45) is 2.97. The van der Waals surface area contributed by atoms with Gasteiger partial charge in [0.25, 0.3) is 0 Å². The quantitative estimate of drug-likeness (QED) is 0.801. The largest absolute Gasteiger partial charge is 0.325 e. The van der Waals surface area contributed by atoms with Crippen LogP contribution in [0.1, 0.15) is 5.56 Å². The number of nitrogens with zero attached hydrogens (tertiary/aromatic N) is 1. The molecule has 1 heterocycles. The third kappa shape index (κ3) is 1.96. The Balaban J connectivity index is 2.33. The highest BCUT2D eigenvalue weighted by Gasteiger charge is 2.05. The van der Waals surface area contributed by atoms with Crippen LogP contribution >= 0.6 is 0 Å². The number of imidazole rings is 1. The molecular weight excluding hydrogens is 202 g/mol. The van der Waals surface area contributed by atoms with E-state index in [1.807, 2.05) is 0 Å². The molecule has 1 N–H and O–H groups in total. The van der Waals surface area contributed by atoms with Crippen molar-refractivity contribution in [2.75, 3.05) is 0 Å². The van der Waals surface area contributed by atoms with Crippen LogP contribution in [-0.4, -0.2) is 9.55 Å². The fraction of sp³-hybridized carbons (Fsp3) is 0.100. The molecule has 2 aromatic rings. The van der Waals surface area contributed by atoms with Gasteiger partial charge in [-0.05, 0) is 6.07 Å². The first kappa shape index (κ1) is 9.64. The number of hydrogen-bond donors (Lipinski definition) is 1. The molecule has 5 heteroatoms. The van der Waals surface area contributed by atoms with Crippen molar-refractivity contribution in [3.63, 3.8) is 0 Å². The molecule has 0 unspecified atom stereocenters. The number of H-pyrrole nitrogens is 1. The van der Waals surface area contributed by atoms with Crippen LogP contribution in [0.4, 0.5) is 8.78 Å². The van der Waals surface area contributed by atoms with Gasteiger partial charge in [0.1, 0.15) is 11.6 Å². The molecule has 1 aromatic heterocycles. The highest BCUT2D eigenvalue weighted by Crippen LogP contribution is 2.10. The Morgan fingerprint density at radius 2 is 2.13 bits per heavy atom. The molecule has 0 amide bonds. The predicted octanol–water partition coefficient (Wildman–Crippen LogP) is 1.50. The summed E-state index contributed by atoms with van der Waals surface area (Å²) in [5, 5.41) is 0. The second-order valence-corrected chi connectivity index (χ2v) is 3.13. The topological polar surface area (TPSA) is 37.8 Å². The minimum absolute atomic E-state index is 0.0917. The molecule has 0 radical (unpaired) electrons. The Kier molecular flexibility index (Phi) is 2.37. The van der Waals surface area contributed by atoms with Crippen molar-refractivity contribution in [2.45, 2.75) is 6.54 Å². The first-order valence-electron chi connectivity index (χ1n) is 4.34. The van der Waals surface area contributed by atoms with Crippen LogP contribution in [0, 0.1) is 11.6 Å². The van der Waals surface area contributed by atoms with E-state index in [0.717, 1.165) is 12.1 Å². The summed E-state index contributed by atoms with van der Waals surface area (Å²) in [7, 11) is 0. The minimum atomic E-state index is -0.650. The van der Waals surface area contributed by atoms with E-state index in [1.54, 1.807) is 0 Å². The predicted molar refractivity (Wildman–Crippen MR) is 50.5 cm³/mol. The Labute approximate surface area is 84.0 Å². The summed E-state index contributed by atoms with van der Waals surface area (Å²) >= 11 is 0. The van der Waals surface area contributed by atoms with Gasteiger partial charge in [0.2, 0.25) is 0 Å². The molecular formula is C10H8F2N2O. The summed E-state index contributed by atoms with van der Waals surface area (Å²) in [4.78, 5) is 13.5. The maximum Gasteiger partial charge on any atom is 0.325 e. The Bertz CT molecular complexity index is 530. The fourth-order valence-electron chi connectivity index (χ4n) is 1.31. The van der Waals surface area contributed by atoms with Crippen molar-refractivity contribution < 1.29 is 8.78 Å².